The molecular weight excluding hydrogens is 264 g/mol. The molecule has 21 heavy (non-hydrogen) atoms. The van der Waals surface area contributed by atoms with Crippen molar-refractivity contribution in [1.82, 2.24) is 10.2 Å². The lowest BCUT2D eigenvalue weighted by atomic mass is 9.97. The van der Waals surface area contributed by atoms with Crippen LogP contribution in [0.2, 0.25) is 0 Å². The highest BCUT2D eigenvalue weighted by Gasteiger charge is 2.38. The number of nitrogens with zero attached hydrogens (tertiary/aromatic N) is 1. The maximum Gasteiger partial charge on any atom is 0.245 e. The molecule has 1 heterocycles. The quantitative estimate of drug-likeness (QED) is 0.901. The number of amides is 2. The minimum Gasteiger partial charge on any atom is -0.343 e. The van der Waals surface area contributed by atoms with Gasteiger partial charge in [-0.3, -0.25) is 9.59 Å². The number of carbonyl (C=O) groups is 2. The molecule has 1 aromatic rings. The van der Waals surface area contributed by atoms with Crippen molar-refractivity contribution in [2.45, 2.75) is 45.7 Å². The Morgan fingerprint density at radius 3 is 2.48 bits per heavy atom. The summed E-state index contributed by atoms with van der Waals surface area (Å²) in [5, 5.41) is 2.78. The zero-order chi connectivity index (χ0) is 15.4. The van der Waals surface area contributed by atoms with Crippen molar-refractivity contribution in [2.24, 2.45) is 5.92 Å². The first kappa shape index (κ1) is 15.5. The maximum absolute atomic E-state index is 12.4. The van der Waals surface area contributed by atoms with Crippen LogP contribution in [0.15, 0.2) is 30.3 Å². The molecule has 0 radical (unpaired) electrons. The molecule has 2 unspecified atom stereocenters. The SMILES string of the molecule is CC(C)CC1C(=O)NC(C)C(=O)N1CCc1ccccc1. The molecule has 0 aliphatic carbocycles. The van der Waals surface area contributed by atoms with Crippen molar-refractivity contribution in [3.8, 4) is 0 Å². The summed E-state index contributed by atoms with van der Waals surface area (Å²) in [7, 11) is 0. The lowest BCUT2D eigenvalue weighted by Gasteiger charge is -2.38. The number of nitrogens with one attached hydrogen (secondary N) is 1. The number of hydrogen-bond acceptors (Lipinski definition) is 2. The topological polar surface area (TPSA) is 49.4 Å². The van der Waals surface area contributed by atoms with Gasteiger partial charge in [-0.2, -0.15) is 0 Å². The van der Waals surface area contributed by atoms with E-state index in [2.05, 4.69) is 31.3 Å². The third kappa shape index (κ3) is 3.84. The van der Waals surface area contributed by atoms with Crippen LogP contribution in [0, 0.1) is 5.92 Å². The van der Waals surface area contributed by atoms with E-state index in [0.29, 0.717) is 18.9 Å². The highest BCUT2D eigenvalue weighted by atomic mass is 16.2. The third-order valence-corrected chi connectivity index (χ3v) is 3.87. The van der Waals surface area contributed by atoms with Crippen LogP contribution in [0.1, 0.15) is 32.8 Å². The van der Waals surface area contributed by atoms with Crippen LogP contribution in [0.25, 0.3) is 0 Å². The maximum atomic E-state index is 12.4. The fraction of sp³-hybridized carbons (Fsp3) is 0.529. The molecule has 1 fully saturated rings. The van der Waals surface area contributed by atoms with Gasteiger partial charge in [0.25, 0.3) is 0 Å². The van der Waals surface area contributed by atoms with Gasteiger partial charge in [-0.25, -0.2) is 0 Å². The van der Waals surface area contributed by atoms with Crippen LogP contribution in [-0.4, -0.2) is 35.3 Å². The van der Waals surface area contributed by atoms with Gasteiger partial charge in [-0.1, -0.05) is 44.2 Å². The van der Waals surface area contributed by atoms with E-state index in [1.807, 2.05) is 18.2 Å². The van der Waals surface area contributed by atoms with Gasteiger partial charge in [0.15, 0.2) is 0 Å². The molecular formula is C17H24N2O2. The monoisotopic (exact) mass is 288 g/mol. The van der Waals surface area contributed by atoms with E-state index in [1.165, 1.54) is 5.56 Å². The van der Waals surface area contributed by atoms with Gasteiger partial charge in [0.05, 0.1) is 0 Å². The molecule has 114 valence electrons. The van der Waals surface area contributed by atoms with Crippen molar-refractivity contribution >= 4 is 11.8 Å². The van der Waals surface area contributed by atoms with Crippen molar-refractivity contribution in [3.63, 3.8) is 0 Å². The number of carbonyl (C=O) groups excluding carboxylic acids is 2. The minimum absolute atomic E-state index is 0.0242. The summed E-state index contributed by atoms with van der Waals surface area (Å²) in [6, 6.07) is 9.31. The van der Waals surface area contributed by atoms with E-state index >= 15 is 0 Å². The molecule has 1 saturated heterocycles. The molecule has 2 atom stereocenters. The van der Waals surface area contributed by atoms with Crippen molar-refractivity contribution in [2.75, 3.05) is 6.54 Å². The predicted molar refractivity (Wildman–Crippen MR) is 82.7 cm³/mol. The summed E-state index contributed by atoms with van der Waals surface area (Å²) in [6.45, 7) is 6.50. The molecule has 2 rings (SSSR count). The first-order valence-corrected chi connectivity index (χ1v) is 7.64. The van der Waals surface area contributed by atoms with Crippen LogP contribution < -0.4 is 5.32 Å². The molecule has 0 aromatic heterocycles. The zero-order valence-electron chi connectivity index (χ0n) is 13.0. The largest absolute Gasteiger partial charge is 0.343 e. The Morgan fingerprint density at radius 2 is 1.86 bits per heavy atom. The molecule has 0 saturated carbocycles. The van der Waals surface area contributed by atoms with Gasteiger partial charge in [-0.05, 0) is 31.2 Å². The summed E-state index contributed by atoms with van der Waals surface area (Å²) in [6.07, 6.45) is 1.49. The molecule has 0 bridgehead atoms. The van der Waals surface area contributed by atoms with Crippen LogP contribution in [-0.2, 0) is 16.0 Å². The molecule has 2 amide bonds. The Hall–Kier alpha value is -1.84. The average Bonchev–Trinajstić information content (AvgIpc) is 2.45. The van der Waals surface area contributed by atoms with Gasteiger partial charge in [0.1, 0.15) is 12.1 Å². The van der Waals surface area contributed by atoms with E-state index < -0.39 is 6.04 Å². The number of hydrogen-bond donors (Lipinski definition) is 1. The predicted octanol–water partition coefficient (Wildman–Crippen LogP) is 1.99. The second kappa shape index (κ2) is 6.74. The zero-order valence-corrected chi connectivity index (χ0v) is 13.0. The van der Waals surface area contributed by atoms with E-state index in [-0.39, 0.29) is 17.9 Å². The van der Waals surface area contributed by atoms with E-state index in [0.717, 1.165) is 6.42 Å². The lowest BCUT2D eigenvalue weighted by molar-refractivity contribution is -0.149. The molecule has 1 aliphatic rings. The Balaban J connectivity index is 2.10. The average molecular weight is 288 g/mol. The fourth-order valence-electron chi connectivity index (χ4n) is 2.76. The van der Waals surface area contributed by atoms with Gasteiger partial charge in [0, 0.05) is 6.54 Å². The van der Waals surface area contributed by atoms with Crippen LogP contribution in [0.5, 0.6) is 0 Å². The summed E-state index contributed by atoms with van der Waals surface area (Å²) in [5.74, 6) is 0.376. The fourth-order valence-corrected chi connectivity index (χ4v) is 2.76. The van der Waals surface area contributed by atoms with Crippen LogP contribution in [0.3, 0.4) is 0 Å². The van der Waals surface area contributed by atoms with Crippen molar-refractivity contribution in [1.29, 1.82) is 0 Å². The van der Waals surface area contributed by atoms with Gasteiger partial charge >= 0.3 is 0 Å². The summed E-state index contributed by atoms with van der Waals surface area (Å²) in [4.78, 5) is 26.4. The number of piperazine rings is 1. The minimum atomic E-state index is -0.420. The highest BCUT2D eigenvalue weighted by Crippen LogP contribution is 2.18. The molecule has 4 heteroatoms. The second-order valence-corrected chi connectivity index (χ2v) is 6.14. The van der Waals surface area contributed by atoms with Crippen LogP contribution >= 0.6 is 0 Å². The van der Waals surface area contributed by atoms with E-state index in [4.69, 9.17) is 0 Å². The van der Waals surface area contributed by atoms with Crippen molar-refractivity contribution in [3.05, 3.63) is 35.9 Å². The van der Waals surface area contributed by atoms with Gasteiger partial charge < -0.3 is 10.2 Å². The number of rotatable bonds is 5. The molecule has 1 N–H and O–H groups in total. The molecule has 1 aliphatic heterocycles. The second-order valence-electron chi connectivity index (χ2n) is 6.14. The Bertz CT molecular complexity index is 499. The van der Waals surface area contributed by atoms with Crippen LogP contribution in [0.4, 0.5) is 0 Å². The summed E-state index contributed by atoms with van der Waals surface area (Å²) >= 11 is 0. The molecule has 1 aromatic carbocycles. The molecule has 4 nitrogen and oxygen atoms in total. The first-order valence-electron chi connectivity index (χ1n) is 7.64. The van der Waals surface area contributed by atoms with Crippen molar-refractivity contribution < 1.29 is 9.59 Å². The Labute approximate surface area is 126 Å². The standard InChI is InChI=1S/C17H24N2O2/c1-12(2)11-15-16(20)18-13(3)17(21)19(15)10-9-14-7-5-4-6-8-14/h4-8,12-13,15H,9-11H2,1-3H3,(H,18,20). The lowest BCUT2D eigenvalue weighted by Crippen LogP contribution is -2.63. The number of benzene rings is 1. The van der Waals surface area contributed by atoms with Gasteiger partial charge in [-0.15, -0.1) is 0 Å². The highest BCUT2D eigenvalue weighted by molar-refractivity contribution is 5.96. The molecule has 0 spiro atoms. The van der Waals surface area contributed by atoms with Gasteiger partial charge in [0.2, 0.25) is 11.8 Å². The van der Waals surface area contributed by atoms with E-state index in [1.54, 1.807) is 11.8 Å². The Kier molecular flexibility index (Phi) is 4.99. The third-order valence-electron chi connectivity index (χ3n) is 3.87. The first-order chi connectivity index (χ1) is 9.99. The smallest absolute Gasteiger partial charge is 0.245 e. The normalized spacial score (nSPS) is 22.6. The summed E-state index contributed by atoms with van der Waals surface area (Å²) in [5.41, 5.74) is 1.19. The Morgan fingerprint density at radius 1 is 1.19 bits per heavy atom. The summed E-state index contributed by atoms with van der Waals surface area (Å²) < 4.78 is 0. The van der Waals surface area contributed by atoms with E-state index in [9.17, 15) is 9.59 Å².